The van der Waals surface area contributed by atoms with E-state index in [1.165, 1.54) is 6.33 Å². The number of hydrogen-bond donors (Lipinski definition) is 2. The van der Waals surface area contributed by atoms with Gasteiger partial charge in [-0.2, -0.15) is 5.10 Å². The van der Waals surface area contributed by atoms with Gasteiger partial charge in [-0.05, 0) is 12.1 Å². The number of aliphatic hydroxyl groups is 1. The molecule has 0 unspecified atom stereocenters. The van der Waals surface area contributed by atoms with E-state index in [9.17, 15) is 0 Å². The maximum absolute atomic E-state index is 8.98. The summed E-state index contributed by atoms with van der Waals surface area (Å²) in [5, 5.41) is 17.3. The molecule has 0 bridgehead atoms. The van der Waals surface area contributed by atoms with Gasteiger partial charge < -0.3 is 14.8 Å². The standard InChI is InChI=1S/C13H15N5O2/c19-6-5-18-13-11(8-17-18)12(15-9-16-13)14-4-3-10-2-1-7-20-10/h1-2,7-9,19H,3-6H2,(H,14,15,16). The van der Waals surface area contributed by atoms with Crippen molar-refractivity contribution in [3.63, 3.8) is 0 Å². The third kappa shape index (κ3) is 2.48. The molecule has 0 amide bonds. The van der Waals surface area contributed by atoms with E-state index in [-0.39, 0.29) is 6.61 Å². The Kier molecular flexibility index (Phi) is 3.60. The first kappa shape index (κ1) is 12.6. The molecule has 7 heteroatoms. The molecule has 0 saturated carbocycles. The van der Waals surface area contributed by atoms with Gasteiger partial charge in [0, 0.05) is 13.0 Å². The zero-order valence-corrected chi connectivity index (χ0v) is 10.9. The van der Waals surface area contributed by atoms with Gasteiger partial charge in [0.15, 0.2) is 5.65 Å². The molecule has 0 spiro atoms. The van der Waals surface area contributed by atoms with E-state index < -0.39 is 0 Å². The van der Waals surface area contributed by atoms with Crippen LogP contribution in [-0.4, -0.2) is 38.0 Å². The van der Waals surface area contributed by atoms with E-state index in [1.54, 1.807) is 17.1 Å². The van der Waals surface area contributed by atoms with Crippen molar-refractivity contribution in [2.24, 2.45) is 0 Å². The minimum absolute atomic E-state index is 0.0298. The normalized spacial score (nSPS) is 11.1. The van der Waals surface area contributed by atoms with Crippen LogP contribution in [0.1, 0.15) is 5.76 Å². The highest BCUT2D eigenvalue weighted by Gasteiger charge is 2.09. The van der Waals surface area contributed by atoms with Crippen molar-refractivity contribution in [3.8, 4) is 0 Å². The lowest BCUT2D eigenvalue weighted by Gasteiger charge is -2.05. The summed E-state index contributed by atoms with van der Waals surface area (Å²) in [7, 11) is 0. The molecule has 0 aromatic carbocycles. The topological polar surface area (TPSA) is 89.0 Å². The number of nitrogens with one attached hydrogen (secondary N) is 1. The van der Waals surface area contributed by atoms with Crippen molar-refractivity contribution in [2.75, 3.05) is 18.5 Å². The summed E-state index contributed by atoms with van der Waals surface area (Å²) in [6.07, 6.45) is 5.65. The molecule has 104 valence electrons. The number of aliphatic hydroxyl groups excluding tert-OH is 1. The Morgan fingerprint density at radius 2 is 2.30 bits per heavy atom. The second kappa shape index (κ2) is 5.70. The van der Waals surface area contributed by atoms with Crippen molar-refractivity contribution in [2.45, 2.75) is 13.0 Å². The highest BCUT2D eigenvalue weighted by molar-refractivity contribution is 5.85. The molecule has 0 radical (unpaired) electrons. The third-order valence-corrected chi connectivity index (χ3v) is 2.99. The molecule has 20 heavy (non-hydrogen) atoms. The summed E-state index contributed by atoms with van der Waals surface area (Å²) in [6, 6.07) is 3.81. The number of hydrogen-bond acceptors (Lipinski definition) is 6. The predicted molar refractivity (Wildman–Crippen MR) is 73.3 cm³/mol. The Labute approximate surface area is 115 Å². The van der Waals surface area contributed by atoms with Gasteiger partial charge in [-0.15, -0.1) is 0 Å². The van der Waals surface area contributed by atoms with Gasteiger partial charge in [-0.3, -0.25) is 0 Å². The number of fused-ring (bicyclic) bond motifs is 1. The summed E-state index contributed by atoms with van der Waals surface area (Å²) in [4.78, 5) is 8.43. The predicted octanol–water partition coefficient (Wildman–Crippen LogP) is 1.07. The molecule has 3 rings (SSSR count). The van der Waals surface area contributed by atoms with Gasteiger partial charge in [0.05, 0.1) is 31.0 Å². The van der Waals surface area contributed by atoms with Gasteiger partial charge in [-0.1, -0.05) is 0 Å². The van der Waals surface area contributed by atoms with Gasteiger partial charge in [0.1, 0.15) is 17.9 Å². The fourth-order valence-electron chi connectivity index (χ4n) is 2.05. The average Bonchev–Trinajstić information content (AvgIpc) is 3.10. The smallest absolute Gasteiger partial charge is 0.163 e. The van der Waals surface area contributed by atoms with Crippen molar-refractivity contribution in [1.82, 2.24) is 19.7 Å². The Bertz CT molecular complexity index is 677. The molecule has 0 aliphatic heterocycles. The first-order chi connectivity index (χ1) is 9.88. The average molecular weight is 273 g/mol. The van der Waals surface area contributed by atoms with Crippen LogP contribution in [-0.2, 0) is 13.0 Å². The van der Waals surface area contributed by atoms with Crippen molar-refractivity contribution in [3.05, 3.63) is 36.7 Å². The van der Waals surface area contributed by atoms with E-state index in [0.717, 1.165) is 29.0 Å². The van der Waals surface area contributed by atoms with Crippen LogP contribution in [0.2, 0.25) is 0 Å². The van der Waals surface area contributed by atoms with Crippen molar-refractivity contribution >= 4 is 16.9 Å². The number of nitrogens with zero attached hydrogens (tertiary/aromatic N) is 4. The van der Waals surface area contributed by atoms with Crippen molar-refractivity contribution in [1.29, 1.82) is 0 Å². The van der Waals surface area contributed by atoms with E-state index >= 15 is 0 Å². The van der Waals surface area contributed by atoms with Crippen LogP contribution in [0.25, 0.3) is 11.0 Å². The van der Waals surface area contributed by atoms with Gasteiger partial charge in [0.25, 0.3) is 0 Å². The summed E-state index contributed by atoms with van der Waals surface area (Å²) < 4.78 is 6.94. The zero-order valence-electron chi connectivity index (χ0n) is 10.9. The maximum Gasteiger partial charge on any atom is 0.163 e. The summed E-state index contributed by atoms with van der Waals surface area (Å²) in [5.41, 5.74) is 0.717. The lowest BCUT2D eigenvalue weighted by Crippen LogP contribution is -2.07. The van der Waals surface area contributed by atoms with E-state index in [2.05, 4.69) is 20.4 Å². The molecule has 0 aliphatic rings. The number of rotatable bonds is 6. The van der Waals surface area contributed by atoms with E-state index in [4.69, 9.17) is 9.52 Å². The molecular formula is C13H15N5O2. The minimum Gasteiger partial charge on any atom is -0.469 e. The number of furan rings is 1. The fraction of sp³-hybridized carbons (Fsp3) is 0.308. The van der Waals surface area contributed by atoms with E-state index in [0.29, 0.717) is 13.1 Å². The summed E-state index contributed by atoms with van der Waals surface area (Å²) >= 11 is 0. The molecule has 7 nitrogen and oxygen atoms in total. The van der Waals surface area contributed by atoms with Crippen LogP contribution in [0.3, 0.4) is 0 Å². The molecular weight excluding hydrogens is 258 g/mol. The molecule has 3 aromatic heterocycles. The van der Waals surface area contributed by atoms with E-state index in [1.807, 2.05) is 12.1 Å². The third-order valence-electron chi connectivity index (χ3n) is 2.99. The molecule has 0 saturated heterocycles. The molecule has 2 N–H and O–H groups in total. The zero-order chi connectivity index (χ0) is 13.8. The molecule has 0 fully saturated rings. The first-order valence-electron chi connectivity index (χ1n) is 6.42. The Balaban J connectivity index is 1.74. The highest BCUT2D eigenvalue weighted by Crippen LogP contribution is 2.18. The molecule has 3 heterocycles. The van der Waals surface area contributed by atoms with Crippen LogP contribution in [0.15, 0.2) is 35.3 Å². The largest absolute Gasteiger partial charge is 0.469 e. The first-order valence-corrected chi connectivity index (χ1v) is 6.42. The van der Waals surface area contributed by atoms with Crippen LogP contribution in [0.4, 0.5) is 5.82 Å². The lowest BCUT2D eigenvalue weighted by molar-refractivity contribution is 0.271. The summed E-state index contributed by atoms with van der Waals surface area (Å²) in [6.45, 7) is 1.17. The molecule has 3 aromatic rings. The minimum atomic E-state index is 0.0298. The second-order valence-corrected chi connectivity index (χ2v) is 4.31. The van der Waals surface area contributed by atoms with Gasteiger partial charge >= 0.3 is 0 Å². The monoisotopic (exact) mass is 273 g/mol. The number of anilines is 1. The Hall–Kier alpha value is -2.41. The fourth-order valence-corrected chi connectivity index (χ4v) is 2.05. The second-order valence-electron chi connectivity index (χ2n) is 4.31. The maximum atomic E-state index is 8.98. The SMILES string of the molecule is OCCn1ncc2c(NCCc3ccco3)ncnc21. The quantitative estimate of drug-likeness (QED) is 0.698. The Morgan fingerprint density at radius 3 is 3.10 bits per heavy atom. The summed E-state index contributed by atoms with van der Waals surface area (Å²) in [5.74, 6) is 1.67. The van der Waals surface area contributed by atoms with Crippen molar-refractivity contribution < 1.29 is 9.52 Å². The number of aromatic nitrogens is 4. The van der Waals surface area contributed by atoms with Gasteiger partial charge in [-0.25, -0.2) is 14.6 Å². The van der Waals surface area contributed by atoms with Crippen LogP contribution < -0.4 is 5.32 Å². The van der Waals surface area contributed by atoms with Crippen LogP contribution >= 0.6 is 0 Å². The van der Waals surface area contributed by atoms with Gasteiger partial charge in [0.2, 0.25) is 0 Å². The highest BCUT2D eigenvalue weighted by atomic mass is 16.3. The Morgan fingerprint density at radius 1 is 1.35 bits per heavy atom. The van der Waals surface area contributed by atoms with Crippen LogP contribution in [0, 0.1) is 0 Å². The lowest BCUT2D eigenvalue weighted by atomic mass is 10.3. The molecule has 0 atom stereocenters. The molecule has 0 aliphatic carbocycles. The van der Waals surface area contributed by atoms with Crippen LogP contribution in [0.5, 0.6) is 0 Å².